The number of aromatic nitrogens is 3. The van der Waals surface area contributed by atoms with Crippen molar-refractivity contribution in [1.29, 1.82) is 0 Å². The first-order valence-electron chi connectivity index (χ1n) is 6.56. The average Bonchev–Trinajstić information content (AvgIpc) is 2.96. The van der Waals surface area contributed by atoms with Gasteiger partial charge in [-0.15, -0.1) is 0 Å². The van der Waals surface area contributed by atoms with E-state index in [9.17, 15) is 0 Å². The van der Waals surface area contributed by atoms with E-state index in [2.05, 4.69) is 35.8 Å². The molecule has 5 nitrogen and oxygen atoms in total. The molecule has 0 aliphatic carbocycles. The number of hydrogen-bond acceptors (Lipinski definition) is 5. The Kier molecular flexibility index (Phi) is 4.11. The largest absolute Gasteiger partial charge is 0.476 e. The molecule has 1 aliphatic rings. The van der Waals surface area contributed by atoms with Crippen LogP contribution in [0.15, 0.2) is 41.4 Å². The molecule has 0 N–H and O–H groups in total. The molecule has 1 fully saturated rings. The maximum absolute atomic E-state index is 5.67. The van der Waals surface area contributed by atoms with Crippen LogP contribution >= 0.6 is 15.9 Å². The van der Waals surface area contributed by atoms with Gasteiger partial charge in [-0.3, -0.25) is 4.98 Å². The highest BCUT2D eigenvalue weighted by atomic mass is 79.9. The van der Waals surface area contributed by atoms with Gasteiger partial charge in [-0.25, -0.2) is 9.97 Å². The molecular formula is C14H15BrN4O. The van der Waals surface area contributed by atoms with Gasteiger partial charge in [0.15, 0.2) is 0 Å². The Morgan fingerprint density at radius 1 is 1.25 bits per heavy atom. The van der Waals surface area contributed by atoms with Crippen molar-refractivity contribution in [3.05, 3.63) is 41.4 Å². The van der Waals surface area contributed by atoms with Crippen molar-refractivity contribution in [2.75, 3.05) is 24.6 Å². The summed E-state index contributed by atoms with van der Waals surface area (Å²) in [6.07, 6.45) is 7.87. The molecule has 2 aromatic rings. The molecule has 0 aromatic carbocycles. The minimum atomic E-state index is 0.502. The molecule has 3 heterocycles. The van der Waals surface area contributed by atoms with Crippen LogP contribution in [0.3, 0.4) is 0 Å². The van der Waals surface area contributed by atoms with Crippen LogP contribution in [0.1, 0.15) is 6.42 Å². The van der Waals surface area contributed by atoms with E-state index >= 15 is 0 Å². The molecule has 3 rings (SSSR count). The van der Waals surface area contributed by atoms with E-state index in [0.29, 0.717) is 18.4 Å². The first kappa shape index (κ1) is 13.3. The molecule has 1 atom stereocenters. The molecule has 2 aromatic heterocycles. The normalized spacial score (nSPS) is 18.2. The van der Waals surface area contributed by atoms with Crippen LogP contribution in [0.25, 0.3) is 0 Å². The quantitative estimate of drug-likeness (QED) is 0.859. The topological polar surface area (TPSA) is 51.1 Å². The van der Waals surface area contributed by atoms with Crippen molar-refractivity contribution in [1.82, 2.24) is 15.0 Å². The highest BCUT2D eigenvalue weighted by Gasteiger charge is 2.24. The first-order valence-corrected chi connectivity index (χ1v) is 7.36. The van der Waals surface area contributed by atoms with Crippen LogP contribution in [0.4, 0.5) is 5.82 Å². The lowest BCUT2D eigenvalue weighted by Crippen LogP contribution is -2.22. The third-order valence-electron chi connectivity index (χ3n) is 3.33. The van der Waals surface area contributed by atoms with E-state index in [1.807, 2.05) is 18.3 Å². The summed E-state index contributed by atoms with van der Waals surface area (Å²) in [5.74, 6) is 2.12. The molecule has 0 spiro atoms. The van der Waals surface area contributed by atoms with Crippen molar-refractivity contribution < 1.29 is 4.74 Å². The summed E-state index contributed by atoms with van der Waals surface area (Å²) in [6, 6.07) is 4.06. The maximum Gasteiger partial charge on any atom is 0.232 e. The number of hydrogen-bond donors (Lipinski definition) is 0. The second-order valence-corrected chi connectivity index (χ2v) is 5.71. The van der Waals surface area contributed by atoms with Crippen molar-refractivity contribution >= 4 is 21.7 Å². The van der Waals surface area contributed by atoms with Gasteiger partial charge in [0.25, 0.3) is 0 Å². The van der Waals surface area contributed by atoms with Crippen LogP contribution in [0.2, 0.25) is 0 Å². The van der Waals surface area contributed by atoms with Crippen LogP contribution in [0, 0.1) is 5.92 Å². The Morgan fingerprint density at radius 2 is 2.20 bits per heavy atom. The zero-order chi connectivity index (χ0) is 13.8. The highest BCUT2D eigenvalue weighted by molar-refractivity contribution is 9.10. The fourth-order valence-electron chi connectivity index (χ4n) is 2.30. The van der Waals surface area contributed by atoms with E-state index < -0.39 is 0 Å². The minimum absolute atomic E-state index is 0.502. The fourth-order valence-corrected chi connectivity index (χ4v) is 2.53. The van der Waals surface area contributed by atoms with Gasteiger partial charge >= 0.3 is 0 Å². The molecule has 6 heteroatoms. The summed E-state index contributed by atoms with van der Waals surface area (Å²) in [6.45, 7) is 2.66. The summed E-state index contributed by atoms with van der Waals surface area (Å²) >= 11 is 3.40. The van der Waals surface area contributed by atoms with Crippen LogP contribution in [0.5, 0.6) is 5.88 Å². The zero-order valence-corrected chi connectivity index (χ0v) is 12.5. The van der Waals surface area contributed by atoms with Gasteiger partial charge in [-0.2, -0.15) is 0 Å². The molecule has 1 aliphatic heterocycles. The van der Waals surface area contributed by atoms with Crippen molar-refractivity contribution in [2.45, 2.75) is 6.42 Å². The third-order valence-corrected chi connectivity index (χ3v) is 3.80. The SMILES string of the molecule is Brc1ccc(N2CCC(COc3cnccn3)C2)nc1. The van der Waals surface area contributed by atoms with Gasteiger partial charge in [0.2, 0.25) is 5.88 Å². The fraction of sp³-hybridized carbons (Fsp3) is 0.357. The van der Waals surface area contributed by atoms with E-state index in [0.717, 1.165) is 29.8 Å². The summed E-state index contributed by atoms with van der Waals surface area (Å²) in [5.41, 5.74) is 0. The van der Waals surface area contributed by atoms with Gasteiger partial charge in [0, 0.05) is 42.1 Å². The Labute approximate surface area is 126 Å². The maximum atomic E-state index is 5.67. The van der Waals surface area contributed by atoms with Gasteiger partial charge < -0.3 is 9.64 Å². The minimum Gasteiger partial charge on any atom is -0.476 e. The third kappa shape index (κ3) is 3.25. The summed E-state index contributed by atoms with van der Waals surface area (Å²) < 4.78 is 6.67. The molecule has 104 valence electrons. The predicted octanol–water partition coefficient (Wildman–Crippen LogP) is 2.54. The molecule has 1 unspecified atom stereocenters. The Morgan fingerprint density at radius 3 is 2.95 bits per heavy atom. The second-order valence-electron chi connectivity index (χ2n) is 4.79. The molecule has 0 amide bonds. The lowest BCUT2D eigenvalue weighted by Gasteiger charge is -2.17. The van der Waals surface area contributed by atoms with Crippen LogP contribution in [-0.4, -0.2) is 34.6 Å². The number of ether oxygens (including phenoxy) is 1. The van der Waals surface area contributed by atoms with Gasteiger partial charge in [-0.05, 0) is 34.5 Å². The monoisotopic (exact) mass is 334 g/mol. The van der Waals surface area contributed by atoms with E-state index in [4.69, 9.17) is 4.74 Å². The van der Waals surface area contributed by atoms with Crippen molar-refractivity contribution in [3.8, 4) is 5.88 Å². The van der Waals surface area contributed by atoms with Crippen LogP contribution < -0.4 is 9.64 Å². The average molecular weight is 335 g/mol. The zero-order valence-electron chi connectivity index (χ0n) is 10.9. The number of pyridine rings is 1. The first-order chi connectivity index (χ1) is 9.81. The Balaban J connectivity index is 1.53. The van der Waals surface area contributed by atoms with E-state index in [1.165, 1.54) is 0 Å². The second kappa shape index (κ2) is 6.17. The number of nitrogens with zero attached hydrogens (tertiary/aromatic N) is 4. The summed E-state index contributed by atoms with van der Waals surface area (Å²) in [7, 11) is 0. The van der Waals surface area contributed by atoms with Crippen molar-refractivity contribution in [3.63, 3.8) is 0 Å². The number of anilines is 1. The van der Waals surface area contributed by atoms with Gasteiger partial charge in [0.1, 0.15) is 5.82 Å². The van der Waals surface area contributed by atoms with Gasteiger partial charge in [-0.1, -0.05) is 0 Å². The summed E-state index contributed by atoms with van der Waals surface area (Å²) in [4.78, 5) is 14.8. The number of halogens is 1. The summed E-state index contributed by atoms with van der Waals surface area (Å²) in [5, 5.41) is 0. The standard InChI is InChI=1S/C14H15BrN4O/c15-12-1-2-13(18-7-12)19-6-3-11(9-19)10-20-14-8-16-4-5-17-14/h1-2,4-5,7-8,11H,3,6,9-10H2. The molecule has 0 saturated carbocycles. The Bertz CT molecular complexity index is 549. The van der Waals surface area contributed by atoms with E-state index in [1.54, 1.807) is 18.6 Å². The molecule has 20 heavy (non-hydrogen) atoms. The number of rotatable bonds is 4. The molecular weight excluding hydrogens is 320 g/mol. The highest BCUT2D eigenvalue weighted by Crippen LogP contribution is 2.23. The van der Waals surface area contributed by atoms with E-state index in [-0.39, 0.29) is 0 Å². The van der Waals surface area contributed by atoms with Crippen LogP contribution in [-0.2, 0) is 0 Å². The molecule has 0 bridgehead atoms. The molecule has 1 saturated heterocycles. The predicted molar refractivity (Wildman–Crippen MR) is 79.8 cm³/mol. The lowest BCUT2D eigenvalue weighted by atomic mass is 10.1. The smallest absolute Gasteiger partial charge is 0.232 e. The van der Waals surface area contributed by atoms with Gasteiger partial charge in [0.05, 0.1) is 12.8 Å². The van der Waals surface area contributed by atoms with Crippen molar-refractivity contribution in [2.24, 2.45) is 5.92 Å². The molecule has 0 radical (unpaired) electrons. The lowest BCUT2D eigenvalue weighted by molar-refractivity contribution is 0.251. The Hall–Kier alpha value is -1.69.